The van der Waals surface area contributed by atoms with Crippen LogP contribution in [0.3, 0.4) is 0 Å². The zero-order valence-corrected chi connectivity index (χ0v) is 12.9. The van der Waals surface area contributed by atoms with Crippen LogP contribution in [0.15, 0.2) is 24.3 Å². The number of hydrogen-bond donors (Lipinski definition) is 1. The van der Waals surface area contributed by atoms with E-state index in [9.17, 15) is 4.79 Å². The highest BCUT2D eigenvalue weighted by Gasteiger charge is 2.44. The van der Waals surface area contributed by atoms with E-state index in [0.717, 1.165) is 42.6 Å². The fourth-order valence-corrected chi connectivity index (χ4v) is 2.93. The number of hydrogen-bond acceptors (Lipinski definition) is 2. The van der Waals surface area contributed by atoms with Crippen LogP contribution in [0.2, 0.25) is 5.02 Å². The van der Waals surface area contributed by atoms with Crippen molar-refractivity contribution in [1.82, 2.24) is 5.32 Å². The van der Waals surface area contributed by atoms with E-state index in [1.807, 2.05) is 24.3 Å². The van der Waals surface area contributed by atoms with E-state index in [2.05, 4.69) is 5.32 Å². The van der Waals surface area contributed by atoms with Gasteiger partial charge in [-0.1, -0.05) is 29.8 Å². The van der Waals surface area contributed by atoms with Gasteiger partial charge in [-0.05, 0) is 49.1 Å². The first-order valence-corrected chi connectivity index (χ1v) is 8.23. The smallest absolute Gasteiger partial charge is 0.223 e. The summed E-state index contributed by atoms with van der Waals surface area (Å²) < 4.78 is 5.55. The molecule has 2 aliphatic rings. The predicted octanol–water partition coefficient (Wildman–Crippen LogP) is 3.38. The Morgan fingerprint density at radius 2 is 2.14 bits per heavy atom. The lowest BCUT2D eigenvalue weighted by molar-refractivity contribution is -0.122. The molecule has 3 rings (SSSR count). The van der Waals surface area contributed by atoms with Crippen LogP contribution in [0.1, 0.15) is 37.2 Å². The number of carbonyl (C=O) groups excluding carboxylic acids is 1. The maximum Gasteiger partial charge on any atom is 0.223 e. The topological polar surface area (TPSA) is 38.3 Å². The molecule has 2 fully saturated rings. The number of benzene rings is 1. The molecule has 0 aromatic heterocycles. The first-order valence-electron chi connectivity index (χ1n) is 7.85. The predicted molar refractivity (Wildman–Crippen MR) is 83.5 cm³/mol. The zero-order chi connectivity index (χ0) is 14.7. The molecule has 2 unspecified atom stereocenters. The van der Waals surface area contributed by atoms with Crippen molar-refractivity contribution < 1.29 is 9.53 Å². The minimum absolute atomic E-state index is 0.0947. The monoisotopic (exact) mass is 307 g/mol. The molecule has 0 heterocycles. The average molecular weight is 308 g/mol. The van der Waals surface area contributed by atoms with E-state index in [0.29, 0.717) is 12.5 Å². The van der Waals surface area contributed by atoms with Crippen LogP contribution in [0.5, 0.6) is 0 Å². The van der Waals surface area contributed by atoms with Crippen molar-refractivity contribution in [3.8, 4) is 0 Å². The molecule has 1 aromatic rings. The van der Waals surface area contributed by atoms with E-state index < -0.39 is 0 Å². The lowest BCUT2D eigenvalue weighted by Gasteiger charge is -2.06. The molecule has 3 nitrogen and oxygen atoms in total. The molecule has 4 heteroatoms. The highest BCUT2D eigenvalue weighted by molar-refractivity contribution is 6.31. The molecule has 0 aliphatic heterocycles. The second-order valence-electron chi connectivity index (χ2n) is 6.13. The molecule has 0 bridgehead atoms. The maximum atomic E-state index is 12.1. The minimum atomic E-state index is 0.0947. The second kappa shape index (κ2) is 6.80. The third-order valence-corrected chi connectivity index (χ3v) is 4.59. The van der Waals surface area contributed by atoms with Crippen molar-refractivity contribution in [3.05, 3.63) is 34.9 Å². The fourth-order valence-electron chi connectivity index (χ4n) is 2.66. The Morgan fingerprint density at radius 1 is 1.33 bits per heavy atom. The van der Waals surface area contributed by atoms with Gasteiger partial charge in [-0.2, -0.15) is 0 Å². The summed E-state index contributed by atoms with van der Waals surface area (Å²) in [4.78, 5) is 12.1. The summed E-state index contributed by atoms with van der Waals surface area (Å²) in [6.45, 7) is 2.34. The average Bonchev–Trinajstić information content (AvgIpc) is 3.36. The summed E-state index contributed by atoms with van der Waals surface area (Å²) in [6, 6.07) is 7.81. The molecule has 2 aliphatic carbocycles. The molecule has 2 atom stereocenters. The first-order chi connectivity index (χ1) is 10.3. The van der Waals surface area contributed by atoms with Crippen molar-refractivity contribution in [1.29, 1.82) is 0 Å². The van der Waals surface area contributed by atoms with Gasteiger partial charge in [-0.25, -0.2) is 0 Å². The SMILES string of the molecule is O=C(NCCCOCC1CC1)C1CC1c1ccccc1Cl. The summed E-state index contributed by atoms with van der Waals surface area (Å²) in [6.07, 6.45) is 4.44. The van der Waals surface area contributed by atoms with Gasteiger partial charge in [0.05, 0.1) is 0 Å². The maximum absolute atomic E-state index is 12.1. The number of amides is 1. The number of rotatable bonds is 8. The number of ether oxygens (including phenoxy) is 1. The molecule has 2 saturated carbocycles. The van der Waals surface area contributed by atoms with E-state index in [-0.39, 0.29) is 11.8 Å². The molecule has 1 amide bonds. The Bertz CT molecular complexity index is 501. The van der Waals surface area contributed by atoms with Crippen molar-refractivity contribution in [2.45, 2.75) is 31.6 Å². The lowest BCUT2D eigenvalue weighted by atomic mass is 10.1. The van der Waals surface area contributed by atoms with Gasteiger partial charge in [0.1, 0.15) is 0 Å². The van der Waals surface area contributed by atoms with Gasteiger partial charge in [0, 0.05) is 30.7 Å². The standard InChI is InChI=1S/C17H22ClNO2/c18-16-5-2-1-4-13(16)14-10-15(14)17(20)19-8-3-9-21-11-12-6-7-12/h1-2,4-5,12,14-15H,3,6-11H2,(H,19,20). The molecule has 0 saturated heterocycles. The Kier molecular flexibility index (Phi) is 4.81. The van der Waals surface area contributed by atoms with Crippen molar-refractivity contribution >= 4 is 17.5 Å². The molecule has 0 spiro atoms. The lowest BCUT2D eigenvalue weighted by Crippen LogP contribution is -2.27. The summed E-state index contributed by atoms with van der Waals surface area (Å²) in [7, 11) is 0. The van der Waals surface area contributed by atoms with Crippen LogP contribution in [-0.2, 0) is 9.53 Å². The van der Waals surface area contributed by atoms with Crippen LogP contribution >= 0.6 is 11.6 Å². The van der Waals surface area contributed by atoms with Gasteiger partial charge in [0.2, 0.25) is 5.91 Å². The quantitative estimate of drug-likeness (QED) is 0.748. The number of nitrogens with one attached hydrogen (secondary N) is 1. The Labute approximate surface area is 131 Å². The summed E-state index contributed by atoms with van der Waals surface area (Å²) in [5.74, 6) is 1.35. The Hall–Kier alpha value is -1.06. The van der Waals surface area contributed by atoms with Crippen LogP contribution in [0.25, 0.3) is 0 Å². The van der Waals surface area contributed by atoms with Crippen LogP contribution in [0.4, 0.5) is 0 Å². The van der Waals surface area contributed by atoms with E-state index in [4.69, 9.17) is 16.3 Å². The molecule has 1 N–H and O–H groups in total. The molecule has 21 heavy (non-hydrogen) atoms. The van der Waals surface area contributed by atoms with E-state index >= 15 is 0 Å². The van der Waals surface area contributed by atoms with Gasteiger partial charge in [0.25, 0.3) is 0 Å². The van der Waals surface area contributed by atoms with E-state index in [1.165, 1.54) is 12.8 Å². The van der Waals surface area contributed by atoms with Gasteiger partial charge in [-0.3, -0.25) is 4.79 Å². The van der Waals surface area contributed by atoms with Gasteiger partial charge in [0.15, 0.2) is 0 Å². The van der Waals surface area contributed by atoms with E-state index in [1.54, 1.807) is 0 Å². The van der Waals surface area contributed by atoms with Gasteiger partial charge >= 0.3 is 0 Å². The molecular formula is C17H22ClNO2. The summed E-state index contributed by atoms with van der Waals surface area (Å²) in [5.41, 5.74) is 1.10. The zero-order valence-electron chi connectivity index (χ0n) is 12.2. The Balaban J connectivity index is 1.32. The van der Waals surface area contributed by atoms with Crippen LogP contribution < -0.4 is 5.32 Å². The minimum Gasteiger partial charge on any atom is -0.381 e. The second-order valence-corrected chi connectivity index (χ2v) is 6.54. The van der Waals surface area contributed by atoms with Crippen molar-refractivity contribution in [3.63, 3.8) is 0 Å². The molecular weight excluding hydrogens is 286 g/mol. The molecule has 114 valence electrons. The van der Waals surface area contributed by atoms with Crippen molar-refractivity contribution in [2.75, 3.05) is 19.8 Å². The summed E-state index contributed by atoms with van der Waals surface area (Å²) >= 11 is 6.17. The highest BCUT2D eigenvalue weighted by Crippen LogP contribution is 2.49. The highest BCUT2D eigenvalue weighted by atomic mass is 35.5. The molecule has 0 radical (unpaired) electrons. The fraction of sp³-hybridized carbons (Fsp3) is 0.588. The largest absolute Gasteiger partial charge is 0.381 e. The number of carbonyl (C=O) groups is 1. The summed E-state index contributed by atoms with van der Waals surface area (Å²) in [5, 5.41) is 3.78. The normalized spacial score (nSPS) is 23.9. The van der Waals surface area contributed by atoms with Crippen molar-refractivity contribution in [2.24, 2.45) is 11.8 Å². The number of halogens is 1. The third kappa shape index (κ3) is 4.21. The van der Waals surface area contributed by atoms with Crippen LogP contribution in [0, 0.1) is 11.8 Å². The first kappa shape index (κ1) is 14.9. The third-order valence-electron chi connectivity index (χ3n) is 4.25. The van der Waals surface area contributed by atoms with Gasteiger partial charge < -0.3 is 10.1 Å². The Morgan fingerprint density at radius 3 is 2.90 bits per heavy atom. The van der Waals surface area contributed by atoms with Gasteiger partial charge in [-0.15, -0.1) is 0 Å². The van der Waals surface area contributed by atoms with Crippen LogP contribution in [-0.4, -0.2) is 25.7 Å². The molecule has 1 aromatic carbocycles.